The minimum Gasteiger partial charge on any atom is -0.530 e. The van der Waals surface area contributed by atoms with Gasteiger partial charge in [0.15, 0.2) is 5.82 Å². The van der Waals surface area contributed by atoms with Crippen molar-refractivity contribution in [2.24, 2.45) is 0 Å². The first-order valence-electron chi connectivity index (χ1n) is 8.96. The largest absolute Gasteiger partial charge is 0.530 e. The number of aromatic nitrogens is 4. The van der Waals surface area contributed by atoms with Crippen LogP contribution < -0.4 is 16.2 Å². The zero-order chi connectivity index (χ0) is 18.5. The zero-order valence-electron chi connectivity index (χ0n) is 14.9. The molecule has 0 atom stereocenters. The van der Waals surface area contributed by atoms with Gasteiger partial charge in [-0.15, -0.1) is 0 Å². The van der Waals surface area contributed by atoms with Crippen LogP contribution in [0.25, 0.3) is 22.1 Å². The Kier molecular flexibility index (Phi) is 5.50. The second-order valence-corrected chi connectivity index (χ2v) is 6.27. The Balaban J connectivity index is 1.97. The highest BCUT2D eigenvalue weighted by atomic mass is 16.4. The van der Waals surface area contributed by atoms with Gasteiger partial charge in [0, 0.05) is 25.7 Å². The van der Waals surface area contributed by atoms with Gasteiger partial charge in [-0.2, -0.15) is 0 Å². The molecule has 3 aromatic heterocycles. The summed E-state index contributed by atoms with van der Waals surface area (Å²) >= 11 is 0. The number of carbonyl (C=O) groups excluding carboxylic acids is 1. The monoisotopic (exact) mass is 355 g/mol. The van der Waals surface area contributed by atoms with Crippen molar-refractivity contribution < 1.29 is 9.90 Å². The second kappa shape index (κ2) is 7.99. The molecule has 3 rings (SSSR count). The number of anilines is 1. The molecule has 8 heteroatoms. The van der Waals surface area contributed by atoms with Crippen molar-refractivity contribution in [3.63, 3.8) is 0 Å². The minimum absolute atomic E-state index is 0.377. The van der Waals surface area contributed by atoms with E-state index in [2.05, 4.69) is 26.8 Å². The molecule has 0 fully saturated rings. The number of rotatable bonds is 8. The lowest BCUT2D eigenvalue weighted by Gasteiger charge is -2.11. The summed E-state index contributed by atoms with van der Waals surface area (Å²) in [6.07, 6.45) is 4.99. The molecule has 8 nitrogen and oxygen atoms in total. The van der Waals surface area contributed by atoms with Crippen LogP contribution in [0.3, 0.4) is 0 Å². The number of hydrogen-bond donors (Lipinski definition) is 2. The number of unbranched alkanes of at least 4 members (excludes halogenated alkanes) is 2. The summed E-state index contributed by atoms with van der Waals surface area (Å²) in [7, 11) is 0. The standard InChI is InChI=1S/C18H24N6O2/c1-2-3-8-13-23-15-16(24(13)11-5-4-9-21-18(25)26)14-12(22-17(15)19)7-6-10-20-14/h6-7,10,21H,2-5,8-9,11H2,1H3,(H2,19,22)(H,25,26)/p-1. The molecule has 3 aromatic rings. The van der Waals surface area contributed by atoms with Gasteiger partial charge in [0.05, 0.1) is 5.52 Å². The van der Waals surface area contributed by atoms with E-state index in [9.17, 15) is 9.90 Å². The number of nitrogens with two attached hydrogens (primary N) is 1. The Morgan fingerprint density at radius 3 is 2.88 bits per heavy atom. The van der Waals surface area contributed by atoms with Gasteiger partial charge in [-0.25, -0.2) is 9.97 Å². The second-order valence-electron chi connectivity index (χ2n) is 6.27. The Labute approximate surface area is 151 Å². The lowest BCUT2D eigenvalue weighted by atomic mass is 10.2. The van der Waals surface area contributed by atoms with Crippen LogP contribution in [0.5, 0.6) is 0 Å². The van der Waals surface area contributed by atoms with Crippen molar-refractivity contribution in [3.05, 3.63) is 24.2 Å². The van der Waals surface area contributed by atoms with Gasteiger partial charge in [0.25, 0.3) is 0 Å². The van der Waals surface area contributed by atoms with Crippen LogP contribution in [0.1, 0.15) is 38.4 Å². The number of imidazole rings is 1. The average molecular weight is 355 g/mol. The molecular formula is C18H23N6O2-. The van der Waals surface area contributed by atoms with Crippen molar-refractivity contribution in [2.75, 3.05) is 12.3 Å². The molecule has 0 bridgehead atoms. The van der Waals surface area contributed by atoms with E-state index >= 15 is 0 Å². The van der Waals surface area contributed by atoms with Crippen LogP contribution in [0, 0.1) is 0 Å². The highest BCUT2D eigenvalue weighted by Crippen LogP contribution is 2.28. The van der Waals surface area contributed by atoms with Crippen molar-refractivity contribution in [1.82, 2.24) is 24.8 Å². The molecular weight excluding hydrogens is 332 g/mol. The van der Waals surface area contributed by atoms with E-state index in [1.165, 1.54) is 0 Å². The Morgan fingerprint density at radius 1 is 1.27 bits per heavy atom. The molecule has 0 aliphatic heterocycles. The molecule has 138 valence electrons. The number of aryl methyl sites for hydroxylation is 2. The van der Waals surface area contributed by atoms with Crippen LogP contribution >= 0.6 is 0 Å². The normalized spacial score (nSPS) is 11.3. The van der Waals surface area contributed by atoms with Gasteiger partial charge < -0.3 is 25.5 Å². The molecule has 1 amide bonds. The summed E-state index contributed by atoms with van der Waals surface area (Å²) in [5, 5.41) is 12.7. The summed E-state index contributed by atoms with van der Waals surface area (Å²) in [6.45, 7) is 3.24. The van der Waals surface area contributed by atoms with Gasteiger partial charge in [0.1, 0.15) is 28.5 Å². The first kappa shape index (κ1) is 17.9. The number of pyridine rings is 2. The van der Waals surface area contributed by atoms with Gasteiger partial charge in [-0.3, -0.25) is 4.98 Å². The van der Waals surface area contributed by atoms with Crippen molar-refractivity contribution in [1.29, 1.82) is 0 Å². The summed E-state index contributed by atoms with van der Waals surface area (Å²) in [6, 6.07) is 3.73. The zero-order valence-corrected chi connectivity index (χ0v) is 14.9. The van der Waals surface area contributed by atoms with Gasteiger partial charge in [0.2, 0.25) is 0 Å². The molecule has 0 aliphatic rings. The molecule has 0 saturated heterocycles. The molecule has 0 radical (unpaired) electrons. The maximum atomic E-state index is 10.5. The van der Waals surface area contributed by atoms with E-state index in [-0.39, 0.29) is 0 Å². The predicted octanol–water partition coefficient (Wildman–Crippen LogP) is 1.62. The predicted molar refractivity (Wildman–Crippen MR) is 98.5 cm³/mol. The van der Waals surface area contributed by atoms with Crippen LogP contribution in [-0.2, 0) is 13.0 Å². The van der Waals surface area contributed by atoms with Crippen molar-refractivity contribution >= 4 is 34.0 Å². The van der Waals surface area contributed by atoms with Crippen LogP contribution in [0.15, 0.2) is 18.3 Å². The molecule has 0 saturated carbocycles. The van der Waals surface area contributed by atoms with Gasteiger partial charge in [-0.05, 0) is 31.4 Å². The fourth-order valence-electron chi connectivity index (χ4n) is 3.12. The van der Waals surface area contributed by atoms with Crippen LogP contribution in [0.4, 0.5) is 10.6 Å². The van der Waals surface area contributed by atoms with E-state index in [1.807, 2.05) is 12.1 Å². The maximum Gasteiger partial charge on any atom is 0.152 e. The Bertz CT molecular complexity index is 921. The third-order valence-corrected chi connectivity index (χ3v) is 4.37. The first-order valence-corrected chi connectivity index (χ1v) is 8.96. The highest BCUT2D eigenvalue weighted by molar-refractivity contribution is 6.04. The number of amides is 1. The maximum absolute atomic E-state index is 10.5. The molecule has 3 N–H and O–H groups in total. The number of fused-ring (bicyclic) bond motifs is 3. The molecule has 26 heavy (non-hydrogen) atoms. The van der Waals surface area contributed by atoms with E-state index in [1.54, 1.807) is 6.20 Å². The molecule has 0 spiro atoms. The van der Waals surface area contributed by atoms with Gasteiger partial charge >= 0.3 is 0 Å². The van der Waals surface area contributed by atoms with Crippen molar-refractivity contribution in [3.8, 4) is 0 Å². The quantitative estimate of drug-likeness (QED) is 0.592. The number of carbonyl (C=O) groups is 1. The number of nitrogens with zero attached hydrogens (tertiary/aromatic N) is 4. The van der Waals surface area contributed by atoms with Crippen molar-refractivity contribution in [2.45, 2.75) is 45.6 Å². The minimum atomic E-state index is -1.24. The highest BCUT2D eigenvalue weighted by Gasteiger charge is 2.17. The fraction of sp³-hybridized carbons (Fsp3) is 0.444. The number of nitrogen functional groups attached to an aromatic ring is 1. The average Bonchev–Trinajstić information content (AvgIpc) is 2.99. The van der Waals surface area contributed by atoms with E-state index in [0.717, 1.165) is 54.6 Å². The van der Waals surface area contributed by atoms with Gasteiger partial charge in [-0.1, -0.05) is 13.3 Å². The summed E-state index contributed by atoms with van der Waals surface area (Å²) in [5.41, 5.74) is 9.29. The van der Waals surface area contributed by atoms with E-state index < -0.39 is 6.09 Å². The Hall–Kier alpha value is -2.90. The third-order valence-electron chi connectivity index (χ3n) is 4.37. The molecule has 0 unspecified atom stereocenters. The number of nitrogens with one attached hydrogen (secondary N) is 1. The third kappa shape index (κ3) is 3.68. The smallest absolute Gasteiger partial charge is 0.152 e. The topological polar surface area (TPSA) is 122 Å². The summed E-state index contributed by atoms with van der Waals surface area (Å²) < 4.78 is 2.16. The van der Waals surface area contributed by atoms with E-state index in [4.69, 9.17) is 10.7 Å². The van der Waals surface area contributed by atoms with Crippen LogP contribution in [-0.4, -0.2) is 32.2 Å². The summed E-state index contributed by atoms with van der Waals surface area (Å²) in [4.78, 5) is 24.1. The molecule has 3 heterocycles. The molecule has 0 aliphatic carbocycles. The fourth-order valence-corrected chi connectivity index (χ4v) is 3.12. The van der Waals surface area contributed by atoms with E-state index in [0.29, 0.717) is 24.3 Å². The van der Waals surface area contributed by atoms with Crippen LogP contribution in [0.2, 0.25) is 0 Å². The summed E-state index contributed by atoms with van der Waals surface area (Å²) in [5.74, 6) is 1.39. The number of hydrogen-bond acceptors (Lipinski definition) is 6. The Morgan fingerprint density at radius 2 is 2.12 bits per heavy atom. The molecule has 0 aromatic carbocycles. The lowest BCUT2D eigenvalue weighted by Crippen LogP contribution is -2.36. The SMILES string of the molecule is CCCCc1nc2c(N)nc3cccnc3c2n1CCCCNC(=O)[O-]. The number of carboxylic acid groups (broad SMARTS) is 1. The lowest BCUT2D eigenvalue weighted by molar-refractivity contribution is -0.250. The first-order chi connectivity index (χ1) is 12.6.